The Labute approximate surface area is 206 Å². The molecule has 0 spiro atoms. The van der Waals surface area contributed by atoms with E-state index >= 15 is 0 Å². The average Bonchev–Trinajstić information content (AvgIpc) is 2.86. The number of hydrogen-bond acceptors (Lipinski definition) is 6. The lowest BCUT2D eigenvalue weighted by molar-refractivity contribution is 0.0955. The highest BCUT2D eigenvalue weighted by Crippen LogP contribution is 2.20. The molecule has 0 atom stereocenters. The minimum absolute atomic E-state index is 0.113. The van der Waals surface area contributed by atoms with Crippen molar-refractivity contribution in [2.24, 2.45) is 5.10 Å². The average molecular weight is 495 g/mol. The summed E-state index contributed by atoms with van der Waals surface area (Å²) < 4.78 is 33.1. The Morgan fingerprint density at radius 3 is 2.11 bits per heavy atom. The van der Waals surface area contributed by atoms with E-state index in [2.05, 4.69) is 34.0 Å². The Hall–Kier alpha value is -3.85. The summed E-state index contributed by atoms with van der Waals surface area (Å²) in [5.74, 6) is 0.197. The molecule has 35 heavy (non-hydrogen) atoms. The Kier molecular flexibility index (Phi) is 8.86. The molecule has 8 nitrogen and oxygen atoms in total. The number of hydrazone groups is 1. The molecular weight excluding hydrogens is 464 g/mol. The number of benzene rings is 3. The van der Waals surface area contributed by atoms with E-state index in [1.165, 1.54) is 36.4 Å². The second-order valence-corrected chi connectivity index (χ2v) is 9.23. The van der Waals surface area contributed by atoms with Crippen LogP contribution in [0.3, 0.4) is 0 Å². The van der Waals surface area contributed by atoms with Crippen LogP contribution in [-0.4, -0.2) is 40.2 Å². The van der Waals surface area contributed by atoms with Crippen molar-refractivity contribution in [3.05, 3.63) is 83.9 Å². The van der Waals surface area contributed by atoms with Gasteiger partial charge in [-0.25, -0.2) is 13.8 Å². The number of sulfonamides is 1. The van der Waals surface area contributed by atoms with Gasteiger partial charge >= 0.3 is 0 Å². The molecule has 0 aliphatic heterocycles. The number of rotatable bonds is 11. The quantitative estimate of drug-likeness (QED) is 0.302. The number of carbonyl (C=O) groups excluding carboxylic acids is 1. The molecule has 3 aromatic carbocycles. The van der Waals surface area contributed by atoms with Crippen LogP contribution in [0.2, 0.25) is 0 Å². The van der Waals surface area contributed by atoms with E-state index in [1.807, 2.05) is 31.2 Å². The van der Waals surface area contributed by atoms with Gasteiger partial charge in [0.1, 0.15) is 5.75 Å². The lowest BCUT2D eigenvalue weighted by Gasteiger charge is -2.20. The van der Waals surface area contributed by atoms with Crippen LogP contribution in [0.5, 0.6) is 5.75 Å². The standard InChI is InChI=1S/C26H30N4O4S/c1-4-30(5-2)23-13-7-20(8-14-23)19-27-28-26(31)21-9-11-22(12-10-21)29-35(32,33)25-17-15-24(16-18-25)34-6-3/h7-19,29H,4-6H2,1-3H3,(H,28,31). The monoisotopic (exact) mass is 494 g/mol. The molecule has 0 unspecified atom stereocenters. The predicted octanol–water partition coefficient (Wildman–Crippen LogP) is 4.50. The van der Waals surface area contributed by atoms with Crippen molar-refractivity contribution in [3.63, 3.8) is 0 Å². The Morgan fingerprint density at radius 2 is 1.54 bits per heavy atom. The van der Waals surface area contributed by atoms with E-state index < -0.39 is 15.9 Å². The number of carbonyl (C=O) groups is 1. The molecule has 184 valence electrons. The highest BCUT2D eigenvalue weighted by molar-refractivity contribution is 7.92. The Balaban J connectivity index is 1.57. The molecule has 3 aromatic rings. The molecule has 0 bridgehead atoms. The summed E-state index contributed by atoms with van der Waals surface area (Å²) in [5, 5.41) is 4.01. The largest absolute Gasteiger partial charge is 0.494 e. The molecule has 2 N–H and O–H groups in total. The van der Waals surface area contributed by atoms with Gasteiger partial charge in [-0.15, -0.1) is 0 Å². The number of ether oxygens (including phenoxy) is 1. The first kappa shape index (κ1) is 25.8. The van der Waals surface area contributed by atoms with Crippen LogP contribution in [0.1, 0.15) is 36.7 Å². The van der Waals surface area contributed by atoms with Crippen molar-refractivity contribution in [1.82, 2.24) is 5.43 Å². The summed E-state index contributed by atoms with van der Waals surface area (Å²) in [5.41, 5.74) is 5.17. The molecule has 9 heteroatoms. The fourth-order valence-corrected chi connectivity index (χ4v) is 4.43. The molecular formula is C26H30N4O4S. The summed E-state index contributed by atoms with van der Waals surface area (Å²) in [4.78, 5) is 14.7. The highest BCUT2D eigenvalue weighted by atomic mass is 32.2. The van der Waals surface area contributed by atoms with Gasteiger partial charge in [0.15, 0.2) is 0 Å². The van der Waals surface area contributed by atoms with Gasteiger partial charge in [-0.05, 0) is 87.0 Å². The van der Waals surface area contributed by atoms with Gasteiger partial charge in [-0.3, -0.25) is 9.52 Å². The predicted molar refractivity (Wildman–Crippen MR) is 140 cm³/mol. The topological polar surface area (TPSA) is 100 Å². The summed E-state index contributed by atoms with van der Waals surface area (Å²) in [6.45, 7) is 8.44. The molecule has 0 aromatic heterocycles. The zero-order valence-corrected chi connectivity index (χ0v) is 20.9. The molecule has 0 saturated heterocycles. The maximum Gasteiger partial charge on any atom is 0.271 e. The zero-order chi connectivity index (χ0) is 25.3. The number of hydrogen-bond donors (Lipinski definition) is 2. The van der Waals surface area contributed by atoms with Crippen LogP contribution < -0.4 is 19.8 Å². The van der Waals surface area contributed by atoms with Crippen LogP contribution in [-0.2, 0) is 10.0 Å². The summed E-state index contributed by atoms with van der Waals surface area (Å²) in [6, 6.07) is 20.2. The van der Waals surface area contributed by atoms with Crippen molar-refractivity contribution in [1.29, 1.82) is 0 Å². The van der Waals surface area contributed by atoms with E-state index in [4.69, 9.17) is 4.74 Å². The van der Waals surface area contributed by atoms with E-state index in [0.717, 1.165) is 24.3 Å². The summed E-state index contributed by atoms with van der Waals surface area (Å²) >= 11 is 0. The lowest BCUT2D eigenvalue weighted by Crippen LogP contribution is -2.21. The maximum atomic E-state index is 12.6. The smallest absolute Gasteiger partial charge is 0.271 e. The zero-order valence-electron chi connectivity index (χ0n) is 20.1. The molecule has 3 rings (SSSR count). The van der Waals surface area contributed by atoms with Crippen molar-refractivity contribution in [2.75, 3.05) is 29.3 Å². The van der Waals surface area contributed by atoms with Gasteiger partial charge in [0.05, 0.1) is 17.7 Å². The van der Waals surface area contributed by atoms with Gasteiger partial charge in [-0.1, -0.05) is 12.1 Å². The first-order valence-corrected chi connectivity index (χ1v) is 12.9. The fourth-order valence-electron chi connectivity index (χ4n) is 3.38. The molecule has 0 saturated carbocycles. The number of amides is 1. The van der Waals surface area contributed by atoms with E-state index in [9.17, 15) is 13.2 Å². The van der Waals surface area contributed by atoms with Crippen molar-refractivity contribution in [3.8, 4) is 5.75 Å². The second kappa shape index (κ2) is 12.0. The molecule has 0 aliphatic carbocycles. The number of anilines is 2. The molecule has 0 fully saturated rings. The minimum Gasteiger partial charge on any atom is -0.494 e. The fraction of sp³-hybridized carbons (Fsp3) is 0.231. The van der Waals surface area contributed by atoms with Gasteiger partial charge in [0.25, 0.3) is 15.9 Å². The van der Waals surface area contributed by atoms with Gasteiger partial charge in [-0.2, -0.15) is 5.10 Å². The van der Waals surface area contributed by atoms with Gasteiger partial charge in [0, 0.05) is 30.0 Å². The summed E-state index contributed by atoms with van der Waals surface area (Å²) in [7, 11) is -3.77. The molecule has 0 radical (unpaired) electrons. The van der Waals surface area contributed by atoms with E-state index in [-0.39, 0.29) is 4.90 Å². The first-order valence-electron chi connectivity index (χ1n) is 11.4. The molecule has 1 amide bonds. The second-order valence-electron chi connectivity index (χ2n) is 7.55. The van der Waals surface area contributed by atoms with Crippen LogP contribution in [0.15, 0.2) is 82.8 Å². The van der Waals surface area contributed by atoms with Crippen molar-refractivity contribution in [2.45, 2.75) is 25.7 Å². The molecule has 0 heterocycles. The molecule has 0 aliphatic rings. The number of nitrogens with zero attached hydrogens (tertiary/aromatic N) is 2. The van der Waals surface area contributed by atoms with Crippen LogP contribution in [0.25, 0.3) is 0 Å². The summed E-state index contributed by atoms with van der Waals surface area (Å²) in [6.07, 6.45) is 1.57. The first-order chi connectivity index (χ1) is 16.9. The number of nitrogens with one attached hydrogen (secondary N) is 2. The van der Waals surface area contributed by atoms with Crippen molar-refractivity contribution < 1.29 is 17.9 Å². The van der Waals surface area contributed by atoms with E-state index in [1.54, 1.807) is 18.3 Å². The van der Waals surface area contributed by atoms with Gasteiger partial charge in [0.2, 0.25) is 0 Å². The third-order valence-corrected chi connectivity index (χ3v) is 6.64. The van der Waals surface area contributed by atoms with Gasteiger partial charge < -0.3 is 9.64 Å². The van der Waals surface area contributed by atoms with Crippen LogP contribution >= 0.6 is 0 Å². The van der Waals surface area contributed by atoms with Crippen molar-refractivity contribution >= 4 is 33.5 Å². The highest BCUT2D eigenvalue weighted by Gasteiger charge is 2.15. The van der Waals surface area contributed by atoms with Crippen LogP contribution in [0, 0.1) is 0 Å². The van der Waals surface area contributed by atoms with E-state index in [0.29, 0.717) is 23.6 Å². The lowest BCUT2D eigenvalue weighted by atomic mass is 10.2. The third-order valence-electron chi connectivity index (χ3n) is 5.25. The third kappa shape index (κ3) is 7.07. The normalized spacial score (nSPS) is 11.3. The minimum atomic E-state index is -3.77. The SMILES string of the molecule is CCOc1ccc(S(=O)(=O)Nc2ccc(C(=O)NN=Cc3ccc(N(CC)CC)cc3)cc2)cc1. The Morgan fingerprint density at radius 1 is 0.914 bits per heavy atom. The maximum absolute atomic E-state index is 12.6. The Bertz CT molecular complexity index is 1240. The van der Waals surface area contributed by atoms with Crippen LogP contribution in [0.4, 0.5) is 11.4 Å².